The van der Waals surface area contributed by atoms with Crippen molar-refractivity contribution < 1.29 is 18.0 Å². The van der Waals surface area contributed by atoms with E-state index in [0.29, 0.717) is 12.1 Å². The molecule has 2 saturated heterocycles. The maximum Gasteiger partial charge on any atom is 0.416 e. The van der Waals surface area contributed by atoms with Crippen molar-refractivity contribution in [1.29, 1.82) is 0 Å². The number of nitrogens with one attached hydrogen (secondary N) is 2. The van der Waals surface area contributed by atoms with Gasteiger partial charge in [0.25, 0.3) is 0 Å². The smallest absolute Gasteiger partial charge is 0.354 e. The van der Waals surface area contributed by atoms with E-state index >= 15 is 0 Å². The predicted octanol–water partition coefficient (Wildman–Crippen LogP) is 4.57. The van der Waals surface area contributed by atoms with Crippen LogP contribution in [0.1, 0.15) is 48.7 Å². The highest BCUT2D eigenvalue weighted by Gasteiger charge is 2.46. The van der Waals surface area contributed by atoms with E-state index in [9.17, 15) is 18.0 Å². The molecular weight excluding hydrogens is 403 g/mol. The van der Waals surface area contributed by atoms with Gasteiger partial charge in [-0.1, -0.05) is 12.1 Å². The third-order valence-electron chi connectivity index (χ3n) is 5.69. The average Bonchev–Trinajstić information content (AvgIpc) is 3.08. The Morgan fingerprint density at radius 2 is 1.83 bits per heavy atom. The molecule has 29 heavy (non-hydrogen) atoms. The largest absolute Gasteiger partial charge is 0.416 e. The van der Waals surface area contributed by atoms with E-state index in [1.165, 1.54) is 12.1 Å². The molecule has 1 aromatic heterocycles. The molecule has 3 heterocycles. The number of aryl methyl sites for hydroxylation is 1. The Morgan fingerprint density at radius 3 is 2.48 bits per heavy atom. The molecule has 0 radical (unpaired) electrons. The number of hydrogen-bond donors (Lipinski definition) is 2. The monoisotopic (exact) mass is 425 g/mol. The first-order valence-corrected chi connectivity index (χ1v) is 9.49. The summed E-state index contributed by atoms with van der Waals surface area (Å²) in [5.41, 5.74) is 1.97. The summed E-state index contributed by atoms with van der Waals surface area (Å²) < 4.78 is 38.4. The Morgan fingerprint density at radius 1 is 1.10 bits per heavy atom. The first-order valence-electron chi connectivity index (χ1n) is 9.49. The van der Waals surface area contributed by atoms with Gasteiger partial charge in [0.1, 0.15) is 0 Å². The number of halogens is 4. The number of carbonyl (C=O) groups is 1. The van der Waals surface area contributed by atoms with Crippen LogP contribution < -0.4 is 10.6 Å². The number of rotatable bonds is 2. The zero-order valence-electron chi connectivity index (χ0n) is 16.0. The molecule has 0 saturated carbocycles. The van der Waals surface area contributed by atoms with Gasteiger partial charge in [-0.3, -0.25) is 15.1 Å². The van der Waals surface area contributed by atoms with Crippen LogP contribution in [0.5, 0.6) is 0 Å². The molecule has 1 spiro atoms. The highest BCUT2D eigenvalue weighted by Crippen LogP contribution is 2.38. The Balaban J connectivity index is 0.00000240. The molecule has 4 nitrogen and oxygen atoms in total. The van der Waals surface area contributed by atoms with Gasteiger partial charge in [-0.05, 0) is 68.0 Å². The van der Waals surface area contributed by atoms with Crippen LogP contribution in [0, 0.1) is 6.92 Å². The maximum atomic E-state index is 12.8. The van der Waals surface area contributed by atoms with Crippen molar-refractivity contribution in [3.8, 4) is 11.1 Å². The second-order valence-electron chi connectivity index (χ2n) is 7.67. The topological polar surface area (TPSA) is 54.0 Å². The Bertz CT molecular complexity index is 901. The Labute approximate surface area is 173 Å². The number of amides is 1. The molecule has 2 aliphatic rings. The lowest BCUT2D eigenvalue weighted by atomic mass is 9.88. The van der Waals surface area contributed by atoms with Gasteiger partial charge in [-0.25, -0.2) is 0 Å². The van der Waals surface area contributed by atoms with E-state index in [-0.39, 0.29) is 24.4 Å². The van der Waals surface area contributed by atoms with E-state index in [1.807, 2.05) is 19.1 Å². The molecule has 0 aliphatic carbocycles. The van der Waals surface area contributed by atoms with Crippen LogP contribution in [0.25, 0.3) is 11.1 Å². The molecule has 0 unspecified atom stereocenters. The predicted molar refractivity (Wildman–Crippen MR) is 107 cm³/mol. The summed E-state index contributed by atoms with van der Waals surface area (Å²) in [6.07, 6.45) is -1.03. The summed E-state index contributed by atoms with van der Waals surface area (Å²) in [5.74, 6) is 0.0527. The van der Waals surface area contributed by atoms with Gasteiger partial charge in [-0.15, -0.1) is 12.4 Å². The Hall–Kier alpha value is -2.12. The lowest BCUT2D eigenvalue weighted by Crippen LogP contribution is -2.57. The fourth-order valence-corrected chi connectivity index (χ4v) is 4.23. The minimum absolute atomic E-state index is 0. The van der Waals surface area contributed by atoms with Gasteiger partial charge >= 0.3 is 6.18 Å². The van der Waals surface area contributed by atoms with E-state index in [1.54, 1.807) is 0 Å². The second kappa shape index (κ2) is 7.95. The highest BCUT2D eigenvalue weighted by atomic mass is 35.5. The maximum absolute atomic E-state index is 12.8. The van der Waals surface area contributed by atoms with Crippen LogP contribution >= 0.6 is 12.4 Å². The van der Waals surface area contributed by atoms with Gasteiger partial charge in [0, 0.05) is 12.2 Å². The van der Waals surface area contributed by atoms with Crippen LogP contribution in [0.15, 0.2) is 36.4 Å². The van der Waals surface area contributed by atoms with Crippen LogP contribution in [0.4, 0.5) is 13.2 Å². The van der Waals surface area contributed by atoms with Crippen LogP contribution in [0.2, 0.25) is 0 Å². The van der Waals surface area contributed by atoms with Crippen molar-refractivity contribution in [1.82, 2.24) is 15.6 Å². The van der Waals surface area contributed by atoms with E-state index in [2.05, 4.69) is 15.6 Å². The third-order valence-corrected chi connectivity index (χ3v) is 5.69. The fraction of sp³-hybridized carbons (Fsp3) is 0.429. The Kier molecular flexibility index (Phi) is 5.92. The SMILES string of the molecule is Cc1cc(-c2ccc(C(F)(F)F)cc2)cc([C@H]2CC[C@@]3(CCCNC3=O)N2)n1.Cl. The molecular formula is C21H23ClF3N3O. The molecule has 2 aromatic rings. The fourth-order valence-electron chi connectivity index (χ4n) is 4.23. The van der Waals surface area contributed by atoms with E-state index < -0.39 is 17.3 Å². The summed E-state index contributed by atoms with van der Waals surface area (Å²) in [7, 11) is 0. The molecule has 4 rings (SSSR count). The number of piperidine rings is 1. The summed E-state index contributed by atoms with van der Waals surface area (Å²) in [6, 6.07) is 8.90. The zero-order chi connectivity index (χ0) is 19.9. The van der Waals surface area contributed by atoms with E-state index in [4.69, 9.17) is 0 Å². The molecule has 2 N–H and O–H groups in total. The number of nitrogens with zero attached hydrogens (tertiary/aromatic N) is 1. The van der Waals surface area contributed by atoms with E-state index in [0.717, 1.165) is 54.8 Å². The summed E-state index contributed by atoms with van der Waals surface area (Å²) >= 11 is 0. The average molecular weight is 426 g/mol. The first kappa shape index (κ1) is 21.6. The number of aromatic nitrogens is 1. The molecule has 1 aromatic carbocycles. The van der Waals surface area contributed by atoms with Crippen LogP contribution in [-0.4, -0.2) is 23.0 Å². The summed E-state index contributed by atoms with van der Waals surface area (Å²) in [4.78, 5) is 17.0. The minimum Gasteiger partial charge on any atom is -0.354 e. The molecule has 2 aliphatic heterocycles. The number of hydrogen-bond acceptors (Lipinski definition) is 3. The molecule has 2 fully saturated rings. The molecule has 156 valence electrons. The van der Waals surface area contributed by atoms with Crippen molar-refractivity contribution in [3.05, 3.63) is 53.3 Å². The van der Waals surface area contributed by atoms with Crippen molar-refractivity contribution >= 4 is 18.3 Å². The normalized spacial score (nSPS) is 24.3. The molecule has 2 atom stereocenters. The standard InChI is InChI=1S/C21H22F3N3O.ClH/c1-13-11-15(14-3-5-16(6-4-14)21(22,23)24)12-18(26-13)17-7-9-20(27-17)8-2-10-25-19(20)28;/h3-6,11-12,17,27H,2,7-10H2,1H3,(H,25,28);1H/t17-,20-;/m1./s1. The van der Waals surface area contributed by atoms with Crippen molar-refractivity contribution in [2.24, 2.45) is 0 Å². The lowest BCUT2D eigenvalue weighted by molar-refractivity contribution is -0.137. The number of benzene rings is 1. The number of carbonyl (C=O) groups excluding carboxylic acids is 1. The summed E-state index contributed by atoms with van der Waals surface area (Å²) in [5, 5.41) is 6.42. The van der Waals surface area contributed by atoms with Gasteiger partial charge in [0.15, 0.2) is 0 Å². The number of pyridine rings is 1. The molecule has 8 heteroatoms. The molecule has 0 bridgehead atoms. The van der Waals surface area contributed by atoms with Gasteiger partial charge in [0.2, 0.25) is 5.91 Å². The van der Waals surface area contributed by atoms with Crippen LogP contribution in [0.3, 0.4) is 0 Å². The highest BCUT2D eigenvalue weighted by molar-refractivity contribution is 5.87. The van der Waals surface area contributed by atoms with Crippen molar-refractivity contribution in [2.45, 2.75) is 50.4 Å². The molecule has 1 amide bonds. The van der Waals surface area contributed by atoms with Crippen molar-refractivity contribution in [2.75, 3.05) is 6.54 Å². The first-order chi connectivity index (χ1) is 13.3. The van der Waals surface area contributed by atoms with Gasteiger partial charge < -0.3 is 5.32 Å². The lowest BCUT2D eigenvalue weighted by Gasteiger charge is -2.33. The second-order valence-corrected chi connectivity index (χ2v) is 7.67. The van der Waals surface area contributed by atoms with Crippen molar-refractivity contribution in [3.63, 3.8) is 0 Å². The quantitative estimate of drug-likeness (QED) is 0.741. The number of alkyl halides is 3. The van der Waals surface area contributed by atoms with Gasteiger partial charge in [-0.2, -0.15) is 13.2 Å². The summed E-state index contributed by atoms with van der Waals surface area (Å²) in [6.45, 7) is 2.59. The van der Waals surface area contributed by atoms with Crippen LogP contribution in [-0.2, 0) is 11.0 Å². The van der Waals surface area contributed by atoms with Gasteiger partial charge in [0.05, 0.1) is 22.8 Å². The minimum atomic E-state index is -4.35. The zero-order valence-corrected chi connectivity index (χ0v) is 16.8. The third kappa shape index (κ3) is 4.26.